The van der Waals surface area contributed by atoms with Crippen molar-refractivity contribution in [1.29, 1.82) is 0 Å². The molecule has 130 valence electrons. The largest absolute Gasteiger partial charge is 0.494 e. The zero-order chi connectivity index (χ0) is 17.1. The fourth-order valence-electron chi connectivity index (χ4n) is 2.62. The SMILES string of the molecule is CC1(F)C=CC(OCC2CCN(C(=O)OC(C)(C)C)CC2)=CC1. The number of ether oxygens (including phenoxy) is 2. The van der Waals surface area contributed by atoms with Crippen LogP contribution in [0.4, 0.5) is 9.18 Å². The molecule has 1 saturated heterocycles. The maximum absolute atomic E-state index is 13.6. The van der Waals surface area contributed by atoms with Gasteiger partial charge in [0.05, 0.1) is 6.61 Å². The van der Waals surface area contributed by atoms with Crippen LogP contribution in [0, 0.1) is 5.92 Å². The summed E-state index contributed by atoms with van der Waals surface area (Å²) in [5.74, 6) is 1.16. The molecule has 0 radical (unpaired) electrons. The Kier molecular flexibility index (Phi) is 5.37. The van der Waals surface area contributed by atoms with Gasteiger partial charge >= 0.3 is 6.09 Å². The van der Waals surface area contributed by atoms with Gasteiger partial charge in [-0.1, -0.05) is 0 Å². The minimum Gasteiger partial charge on any atom is -0.494 e. The van der Waals surface area contributed by atoms with E-state index in [1.807, 2.05) is 20.8 Å². The van der Waals surface area contributed by atoms with Crippen LogP contribution in [0.2, 0.25) is 0 Å². The molecule has 2 rings (SSSR count). The fourth-order valence-corrected chi connectivity index (χ4v) is 2.62. The van der Waals surface area contributed by atoms with Gasteiger partial charge in [0.2, 0.25) is 0 Å². The van der Waals surface area contributed by atoms with E-state index in [9.17, 15) is 9.18 Å². The number of alkyl halides is 1. The number of likely N-dealkylation sites (tertiary alicyclic amines) is 1. The highest BCUT2D eigenvalue weighted by Gasteiger charge is 2.27. The van der Waals surface area contributed by atoms with Crippen molar-refractivity contribution in [3.05, 3.63) is 24.0 Å². The summed E-state index contributed by atoms with van der Waals surface area (Å²) in [6, 6.07) is 0. The van der Waals surface area contributed by atoms with Gasteiger partial charge < -0.3 is 14.4 Å². The van der Waals surface area contributed by atoms with Crippen LogP contribution < -0.4 is 0 Å². The summed E-state index contributed by atoms with van der Waals surface area (Å²) >= 11 is 0. The quantitative estimate of drug-likeness (QED) is 0.780. The van der Waals surface area contributed by atoms with Gasteiger partial charge in [0, 0.05) is 19.5 Å². The molecule has 0 spiro atoms. The van der Waals surface area contributed by atoms with Crippen molar-refractivity contribution in [2.24, 2.45) is 5.92 Å². The maximum Gasteiger partial charge on any atom is 0.410 e. The predicted molar refractivity (Wildman–Crippen MR) is 87.8 cm³/mol. The number of hydrogen-bond donors (Lipinski definition) is 0. The Hall–Kier alpha value is -1.52. The van der Waals surface area contributed by atoms with Crippen LogP contribution in [0.15, 0.2) is 24.0 Å². The van der Waals surface area contributed by atoms with Crippen LogP contribution >= 0.6 is 0 Å². The molecular formula is C18H28FNO3. The van der Waals surface area contributed by atoms with Gasteiger partial charge in [-0.3, -0.25) is 0 Å². The minimum absolute atomic E-state index is 0.239. The van der Waals surface area contributed by atoms with E-state index in [1.54, 1.807) is 30.1 Å². The molecule has 0 aromatic carbocycles. The Bertz CT molecular complexity index is 483. The number of nitrogens with zero attached hydrogens (tertiary/aromatic N) is 1. The van der Waals surface area contributed by atoms with Crippen LogP contribution in [0.5, 0.6) is 0 Å². The lowest BCUT2D eigenvalue weighted by Gasteiger charge is -2.33. The zero-order valence-corrected chi connectivity index (χ0v) is 14.6. The molecule has 0 aromatic rings. The number of carbonyl (C=O) groups excluding carboxylic acids is 1. The summed E-state index contributed by atoms with van der Waals surface area (Å²) in [6.45, 7) is 9.18. The minimum atomic E-state index is -1.26. The summed E-state index contributed by atoms with van der Waals surface area (Å²) < 4.78 is 24.8. The highest BCUT2D eigenvalue weighted by Crippen LogP contribution is 2.26. The van der Waals surface area contributed by atoms with E-state index in [1.165, 1.54) is 0 Å². The zero-order valence-electron chi connectivity index (χ0n) is 14.6. The first-order chi connectivity index (χ1) is 10.6. The Labute approximate surface area is 138 Å². The van der Waals surface area contributed by atoms with E-state index in [2.05, 4.69) is 0 Å². The summed E-state index contributed by atoms with van der Waals surface area (Å²) in [5.41, 5.74) is -1.71. The number of carbonyl (C=O) groups is 1. The summed E-state index contributed by atoms with van der Waals surface area (Å²) in [4.78, 5) is 13.8. The van der Waals surface area contributed by atoms with Crippen molar-refractivity contribution in [1.82, 2.24) is 4.90 Å². The molecule has 2 aliphatic rings. The van der Waals surface area contributed by atoms with Gasteiger partial charge in [0.25, 0.3) is 0 Å². The normalized spacial score (nSPS) is 26.0. The predicted octanol–water partition coefficient (Wildman–Crippen LogP) is 4.22. The number of rotatable bonds is 3. The number of halogens is 1. The van der Waals surface area contributed by atoms with E-state index in [4.69, 9.17) is 9.47 Å². The van der Waals surface area contributed by atoms with Crippen molar-refractivity contribution in [3.63, 3.8) is 0 Å². The van der Waals surface area contributed by atoms with Gasteiger partial charge in [-0.25, -0.2) is 9.18 Å². The molecule has 1 amide bonds. The summed E-state index contributed by atoms with van der Waals surface area (Å²) in [7, 11) is 0. The molecule has 1 heterocycles. The molecule has 1 aliphatic carbocycles. The number of amides is 1. The van der Waals surface area contributed by atoms with Crippen molar-refractivity contribution in [3.8, 4) is 0 Å². The van der Waals surface area contributed by atoms with E-state index < -0.39 is 11.3 Å². The Morgan fingerprint density at radius 1 is 1.39 bits per heavy atom. The van der Waals surface area contributed by atoms with Crippen molar-refractivity contribution >= 4 is 6.09 Å². The monoisotopic (exact) mass is 325 g/mol. The molecule has 1 unspecified atom stereocenters. The van der Waals surface area contributed by atoms with Crippen LogP contribution in [-0.4, -0.2) is 42.0 Å². The molecule has 1 atom stereocenters. The lowest BCUT2D eigenvalue weighted by atomic mass is 9.97. The molecule has 1 aliphatic heterocycles. The van der Waals surface area contributed by atoms with E-state index in [-0.39, 0.29) is 6.09 Å². The second kappa shape index (κ2) is 6.93. The Morgan fingerprint density at radius 3 is 2.57 bits per heavy atom. The van der Waals surface area contributed by atoms with Gasteiger partial charge in [0.15, 0.2) is 0 Å². The molecule has 0 aromatic heterocycles. The van der Waals surface area contributed by atoms with Crippen molar-refractivity contribution < 1.29 is 18.7 Å². The molecule has 5 heteroatoms. The molecule has 0 bridgehead atoms. The summed E-state index contributed by atoms with van der Waals surface area (Å²) in [6.07, 6.45) is 6.98. The number of piperidine rings is 1. The van der Waals surface area contributed by atoms with Crippen LogP contribution in [-0.2, 0) is 9.47 Å². The second-order valence-electron chi connectivity index (χ2n) is 7.64. The lowest BCUT2D eigenvalue weighted by molar-refractivity contribution is 0.0150. The van der Waals surface area contributed by atoms with E-state index in [0.29, 0.717) is 32.0 Å². The smallest absolute Gasteiger partial charge is 0.410 e. The van der Waals surface area contributed by atoms with E-state index in [0.717, 1.165) is 18.6 Å². The van der Waals surface area contributed by atoms with Crippen LogP contribution in [0.1, 0.15) is 47.0 Å². The Balaban J connectivity index is 1.70. The van der Waals surface area contributed by atoms with Gasteiger partial charge in [0.1, 0.15) is 17.0 Å². The Morgan fingerprint density at radius 2 is 2.04 bits per heavy atom. The van der Waals surface area contributed by atoms with Crippen molar-refractivity contribution in [2.75, 3.05) is 19.7 Å². The molecule has 0 saturated carbocycles. The molecule has 23 heavy (non-hydrogen) atoms. The third-order valence-electron chi connectivity index (χ3n) is 4.05. The topological polar surface area (TPSA) is 38.8 Å². The number of hydrogen-bond acceptors (Lipinski definition) is 3. The molecule has 4 nitrogen and oxygen atoms in total. The van der Waals surface area contributed by atoms with Gasteiger partial charge in [-0.15, -0.1) is 0 Å². The molecular weight excluding hydrogens is 297 g/mol. The standard InChI is InChI=1S/C18H28FNO3/c1-17(2,3)23-16(21)20-11-7-14(8-12-20)13-22-15-5-9-18(4,19)10-6-15/h5-6,9,14H,7-8,10-13H2,1-4H3. The third kappa shape index (κ3) is 5.88. The van der Waals surface area contributed by atoms with E-state index >= 15 is 0 Å². The first-order valence-electron chi connectivity index (χ1n) is 8.34. The van der Waals surface area contributed by atoms with Gasteiger partial charge in [-0.2, -0.15) is 0 Å². The third-order valence-corrected chi connectivity index (χ3v) is 4.05. The lowest BCUT2D eigenvalue weighted by Crippen LogP contribution is -2.42. The fraction of sp³-hybridized carbons (Fsp3) is 0.722. The van der Waals surface area contributed by atoms with Crippen LogP contribution in [0.3, 0.4) is 0 Å². The molecule has 0 N–H and O–H groups in total. The first-order valence-corrected chi connectivity index (χ1v) is 8.34. The summed E-state index contributed by atoms with van der Waals surface area (Å²) in [5, 5.41) is 0. The average Bonchev–Trinajstić information content (AvgIpc) is 2.45. The highest BCUT2D eigenvalue weighted by molar-refractivity contribution is 5.68. The number of allylic oxidation sites excluding steroid dienone is 3. The first kappa shape index (κ1) is 17.8. The highest BCUT2D eigenvalue weighted by atomic mass is 19.1. The molecule has 1 fully saturated rings. The second-order valence-corrected chi connectivity index (χ2v) is 7.64. The van der Waals surface area contributed by atoms with Crippen LogP contribution in [0.25, 0.3) is 0 Å². The van der Waals surface area contributed by atoms with Gasteiger partial charge in [-0.05, 0) is 64.7 Å². The average molecular weight is 325 g/mol. The maximum atomic E-state index is 13.6. The van der Waals surface area contributed by atoms with Crippen molar-refractivity contribution in [2.45, 2.75) is 58.2 Å².